The lowest BCUT2D eigenvalue weighted by atomic mass is 9.84. The first-order chi connectivity index (χ1) is 14.4. The van der Waals surface area contributed by atoms with E-state index in [0.29, 0.717) is 18.9 Å². The van der Waals surface area contributed by atoms with Gasteiger partial charge >= 0.3 is 11.9 Å². The normalized spacial score (nSPS) is 27.5. The predicted octanol–water partition coefficient (Wildman–Crippen LogP) is 0.300. The van der Waals surface area contributed by atoms with Crippen LogP contribution in [0.2, 0.25) is 0 Å². The Morgan fingerprint density at radius 1 is 0.933 bits per heavy atom. The molecule has 0 spiro atoms. The molecule has 2 aliphatic rings. The number of aliphatic carboxylic acids is 2. The Labute approximate surface area is 181 Å². The van der Waals surface area contributed by atoms with E-state index >= 15 is 0 Å². The highest BCUT2D eigenvalue weighted by molar-refractivity contribution is 5.73. The van der Waals surface area contributed by atoms with Crippen LogP contribution in [0.25, 0.3) is 0 Å². The van der Waals surface area contributed by atoms with Crippen LogP contribution >= 0.6 is 0 Å². The maximum Gasteiger partial charge on any atom is 0.320 e. The van der Waals surface area contributed by atoms with Gasteiger partial charge in [0.1, 0.15) is 12.1 Å². The molecule has 5 atom stereocenters. The fraction of sp³-hybridized carbons (Fsp3) is 0.909. The Morgan fingerprint density at radius 3 is 2.27 bits per heavy atom. The summed E-state index contributed by atoms with van der Waals surface area (Å²) in [5.41, 5.74) is 11.2. The number of piperidine rings is 2. The van der Waals surface area contributed by atoms with Crippen molar-refractivity contribution in [2.45, 2.75) is 88.8 Å². The van der Waals surface area contributed by atoms with Gasteiger partial charge in [0, 0.05) is 12.0 Å². The van der Waals surface area contributed by atoms with Crippen molar-refractivity contribution in [1.82, 2.24) is 4.90 Å². The second-order valence-electron chi connectivity index (χ2n) is 9.34. The van der Waals surface area contributed by atoms with Gasteiger partial charge in [-0.05, 0) is 70.9 Å². The number of hydrogen-bond donors (Lipinski definition) is 5. The van der Waals surface area contributed by atoms with Gasteiger partial charge in [-0.2, -0.15) is 0 Å². The number of hydrogen-bond acceptors (Lipinski definition) is 5. The number of unbranched alkanes of at least 4 members (excludes halogenated alkanes) is 2. The number of quaternary nitrogens is 1. The van der Waals surface area contributed by atoms with Crippen LogP contribution in [-0.2, 0) is 9.59 Å². The summed E-state index contributed by atoms with van der Waals surface area (Å²) in [6.45, 7) is 5.77. The van der Waals surface area contributed by atoms with E-state index in [1.807, 2.05) is 0 Å². The maximum atomic E-state index is 10.9. The molecule has 0 saturated carbocycles. The minimum atomic E-state index is -0.902. The summed E-state index contributed by atoms with van der Waals surface area (Å²) >= 11 is 0. The van der Waals surface area contributed by atoms with E-state index in [9.17, 15) is 9.59 Å². The molecule has 0 radical (unpaired) electrons. The first-order valence-corrected chi connectivity index (χ1v) is 11.9. The smallest absolute Gasteiger partial charge is 0.320 e. The molecule has 0 aromatic heterocycles. The Bertz CT molecular complexity index is 533. The van der Waals surface area contributed by atoms with Crippen molar-refractivity contribution in [1.29, 1.82) is 0 Å². The Morgan fingerprint density at radius 2 is 1.60 bits per heavy atom. The highest BCUT2D eigenvalue weighted by atomic mass is 16.4. The molecule has 8 nitrogen and oxygen atoms in total. The average molecular weight is 428 g/mol. The van der Waals surface area contributed by atoms with Crippen LogP contribution in [0.4, 0.5) is 0 Å². The quantitative estimate of drug-likeness (QED) is 0.267. The fourth-order valence-corrected chi connectivity index (χ4v) is 5.24. The molecule has 0 bridgehead atoms. The van der Waals surface area contributed by atoms with E-state index in [-0.39, 0.29) is 0 Å². The third-order valence-electron chi connectivity index (χ3n) is 7.00. The van der Waals surface area contributed by atoms with Gasteiger partial charge in [-0.25, -0.2) is 0 Å². The van der Waals surface area contributed by atoms with Gasteiger partial charge in [0.05, 0.1) is 19.6 Å². The first kappa shape index (κ1) is 25.0. The number of rotatable bonds is 13. The van der Waals surface area contributed by atoms with Crippen LogP contribution in [0.1, 0.15) is 70.6 Å². The summed E-state index contributed by atoms with van der Waals surface area (Å²) in [6.07, 6.45) is 11.4. The van der Waals surface area contributed by atoms with Crippen LogP contribution < -0.4 is 16.4 Å². The number of carbonyl (C=O) groups is 2. The summed E-state index contributed by atoms with van der Waals surface area (Å²) in [7, 11) is 0. The second kappa shape index (κ2) is 13.2. The van der Waals surface area contributed by atoms with E-state index in [2.05, 4.69) is 4.90 Å². The molecule has 2 aliphatic heterocycles. The zero-order chi connectivity index (χ0) is 21.9. The van der Waals surface area contributed by atoms with Gasteiger partial charge in [0.25, 0.3) is 0 Å². The average Bonchev–Trinajstić information content (AvgIpc) is 2.74. The van der Waals surface area contributed by atoms with Gasteiger partial charge in [0.15, 0.2) is 0 Å². The van der Waals surface area contributed by atoms with Crippen molar-refractivity contribution in [3.05, 3.63) is 0 Å². The molecule has 0 amide bonds. The number of nitrogens with two attached hydrogens (primary N) is 2. The molecular formula is C22H43N4O4+. The van der Waals surface area contributed by atoms with E-state index in [1.54, 1.807) is 4.90 Å². The third-order valence-corrected chi connectivity index (χ3v) is 7.00. The number of carboxylic acid groups (broad SMARTS) is 2. The standard InChI is InChI=1S/C22H42N4O4/c23-18(21(27)28)9-1-4-12-25-13-7-8-17(16-25)20-11-3-6-15-26(20)14-5-2-10-19(24)22(29)30/h17-20H,1-16,23-24H2,(H,27,28)(H,29,30)/p+1. The molecule has 2 fully saturated rings. The van der Waals surface area contributed by atoms with Crippen molar-refractivity contribution in [3.63, 3.8) is 0 Å². The first-order valence-electron chi connectivity index (χ1n) is 11.9. The number of nitrogens with one attached hydrogen (secondary N) is 1. The summed E-state index contributed by atoms with van der Waals surface area (Å²) < 4.78 is 0. The van der Waals surface area contributed by atoms with Crippen LogP contribution in [-0.4, -0.2) is 77.9 Å². The lowest BCUT2D eigenvalue weighted by Crippen LogP contribution is -3.13. The van der Waals surface area contributed by atoms with Crippen molar-refractivity contribution in [2.75, 3.05) is 32.7 Å². The highest BCUT2D eigenvalue weighted by Gasteiger charge is 2.34. The number of nitrogens with zero attached hydrogens (tertiary/aromatic N) is 1. The molecule has 8 heteroatoms. The summed E-state index contributed by atoms with van der Waals surface area (Å²) in [5.74, 6) is -1.07. The third kappa shape index (κ3) is 8.49. The summed E-state index contributed by atoms with van der Waals surface area (Å²) in [5, 5.41) is 17.8. The lowest BCUT2D eigenvalue weighted by Gasteiger charge is -2.43. The minimum Gasteiger partial charge on any atom is -0.480 e. The maximum absolute atomic E-state index is 10.9. The Hall–Kier alpha value is -1.22. The van der Waals surface area contributed by atoms with Crippen molar-refractivity contribution in [2.24, 2.45) is 17.4 Å². The largest absolute Gasteiger partial charge is 0.480 e. The van der Waals surface area contributed by atoms with Crippen molar-refractivity contribution >= 4 is 11.9 Å². The molecule has 7 N–H and O–H groups in total. The SMILES string of the molecule is NC(CCCCN1CCCCC1C1CCC[NH+](CCCCC(N)C(=O)O)C1)C(=O)O. The Balaban J connectivity index is 1.73. The van der Waals surface area contributed by atoms with E-state index in [4.69, 9.17) is 21.7 Å². The second-order valence-corrected chi connectivity index (χ2v) is 9.34. The highest BCUT2D eigenvalue weighted by Crippen LogP contribution is 2.27. The van der Waals surface area contributed by atoms with Gasteiger partial charge in [-0.15, -0.1) is 0 Å². The fourth-order valence-electron chi connectivity index (χ4n) is 5.24. The molecule has 174 valence electrons. The zero-order valence-electron chi connectivity index (χ0n) is 18.4. The number of likely N-dealkylation sites (tertiary alicyclic amines) is 2. The zero-order valence-corrected chi connectivity index (χ0v) is 18.4. The molecule has 30 heavy (non-hydrogen) atoms. The van der Waals surface area contributed by atoms with E-state index < -0.39 is 24.0 Å². The summed E-state index contributed by atoms with van der Waals surface area (Å²) in [4.78, 5) is 26.0. The van der Waals surface area contributed by atoms with Crippen LogP contribution in [0.3, 0.4) is 0 Å². The molecule has 5 unspecified atom stereocenters. The molecule has 0 aromatic carbocycles. The van der Waals surface area contributed by atoms with Crippen LogP contribution in [0, 0.1) is 5.92 Å². The van der Waals surface area contributed by atoms with E-state index in [1.165, 1.54) is 45.2 Å². The van der Waals surface area contributed by atoms with Gasteiger partial charge in [-0.1, -0.05) is 12.8 Å². The number of carboxylic acids is 2. The molecule has 2 heterocycles. The molecule has 2 saturated heterocycles. The monoisotopic (exact) mass is 427 g/mol. The molecule has 0 aliphatic carbocycles. The molecule has 2 rings (SSSR count). The van der Waals surface area contributed by atoms with Crippen LogP contribution in [0.5, 0.6) is 0 Å². The predicted molar refractivity (Wildman–Crippen MR) is 116 cm³/mol. The van der Waals surface area contributed by atoms with Crippen LogP contribution in [0.15, 0.2) is 0 Å². The minimum absolute atomic E-state index is 0.556. The van der Waals surface area contributed by atoms with Gasteiger partial charge < -0.3 is 26.6 Å². The summed E-state index contributed by atoms with van der Waals surface area (Å²) in [6, 6.07) is -0.805. The van der Waals surface area contributed by atoms with Crippen molar-refractivity contribution in [3.8, 4) is 0 Å². The lowest BCUT2D eigenvalue weighted by molar-refractivity contribution is -0.909. The Kier molecular flexibility index (Phi) is 11.1. The van der Waals surface area contributed by atoms with Crippen molar-refractivity contribution < 1.29 is 24.7 Å². The topological polar surface area (TPSA) is 134 Å². The molecule has 0 aromatic rings. The van der Waals surface area contributed by atoms with E-state index in [0.717, 1.165) is 51.2 Å². The van der Waals surface area contributed by atoms with Gasteiger partial charge in [-0.3, -0.25) is 14.5 Å². The molecular weight excluding hydrogens is 384 g/mol. The van der Waals surface area contributed by atoms with Gasteiger partial charge in [0.2, 0.25) is 0 Å².